The summed E-state index contributed by atoms with van der Waals surface area (Å²) in [4.78, 5) is 25.6. The summed E-state index contributed by atoms with van der Waals surface area (Å²) in [6.45, 7) is 0.405. The van der Waals surface area contributed by atoms with Crippen molar-refractivity contribution in [2.75, 3.05) is 0 Å². The molecule has 0 bridgehead atoms. The molecule has 4 nitrogen and oxygen atoms in total. The molecule has 0 spiro atoms. The van der Waals surface area contributed by atoms with Gasteiger partial charge < -0.3 is 10.0 Å². The average Bonchev–Trinajstić information content (AvgIpc) is 2.98. The topological polar surface area (TPSA) is 57.6 Å². The first kappa shape index (κ1) is 13.9. The molecule has 0 aromatic heterocycles. The summed E-state index contributed by atoms with van der Waals surface area (Å²) in [7, 11) is 0. The maximum absolute atomic E-state index is 12.5. The molecule has 0 radical (unpaired) electrons. The summed E-state index contributed by atoms with van der Waals surface area (Å²) in [6.07, 6.45) is 7.00. The van der Waals surface area contributed by atoms with Gasteiger partial charge in [-0.05, 0) is 29.9 Å². The van der Waals surface area contributed by atoms with Crippen molar-refractivity contribution >= 4 is 11.9 Å². The molecule has 1 N–H and O–H groups in total. The highest BCUT2D eigenvalue weighted by molar-refractivity contribution is 5.84. The molecule has 2 atom stereocenters. The fourth-order valence-electron chi connectivity index (χ4n) is 3.21. The van der Waals surface area contributed by atoms with E-state index in [-0.39, 0.29) is 11.8 Å². The lowest BCUT2D eigenvalue weighted by molar-refractivity contribution is -0.151. The highest BCUT2D eigenvalue weighted by atomic mass is 16.4. The summed E-state index contributed by atoms with van der Waals surface area (Å²) < 4.78 is 0. The Morgan fingerprint density at radius 1 is 1.24 bits per heavy atom. The van der Waals surface area contributed by atoms with Gasteiger partial charge in [-0.15, -0.1) is 0 Å². The van der Waals surface area contributed by atoms with Crippen LogP contribution in [-0.4, -0.2) is 27.9 Å². The zero-order valence-corrected chi connectivity index (χ0v) is 11.9. The molecule has 0 saturated carbocycles. The van der Waals surface area contributed by atoms with E-state index in [1.54, 1.807) is 0 Å². The number of nitrogens with zero attached hydrogens (tertiary/aromatic N) is 1. The molecule has 110 valence electrons. The van der Waals surface area contributed by atoms with E-state index in [2.05, 4.69) is 12.2 Å². The lowest BCUT2D eigenvalue weighted by Gasteiger charge is -2.35. The van der Waals surface area contributed by atoms with E-state index < -0.39 is 12.0 Å². The second-order valence-corrected chi connectivity index (χ2v) is 5.82. The summed E-state index contributed by atoms with van der Waals surface area (Å²) in [5, 5.41) is 9.44. The number of hydrogen-bond donors (Lipinski definition) is 1. The van der Waals surface area contributed by atoms with Crippen molar-refractivity contribution in [3.05, 3.63) is 47.5 Å². The number of aliphatic carboxylic acids is 1. The number of carbonyl (C=O) groups excluding carboxylic acids is 1. The number of rotatable bonds is 3. The van der Waals surface area contributed by atoms with E-state index in [9.17, 15) is 14.7 Å². The molecule has 21 heavy (non-hydrogen) atoms. The van der Waals surface area contributed by atoms with Gasteiger partial charge in [-0.3, -0.25) is 4.79 Å². The van der Waals surface area contributed by atoms with Gasteiger partial charge in [0, 0.05) is 19.4 Å². The van der Waals surface area contributed by atoms with Gasteiger partial charge >= 0.3 is 5.97 Å². The molecule has 1 heterocycles. The molecule has 1 aromatic carbocycles. The number of amides is 1. The molecular weight excluding hydrogens is 266 g/mol. The average molecular weight is 285 g/mol. The summed E-state index contributed by atoms with van der Waals surface area (Å²) in [5.74, 6) is -0.697. The molecule has 2 aliphatic rings. The minimum absolute atomic E-state index is 0.0477. The Kier molecular flexibility index (Phi) is 3.78. The summed E-state index contributed by atoms with van der Waals surface area (Å²) >= 11 is 0. The Labute approximate surface area is 124 Å². The van der Waals surface area contributed by atoms with E-state index >= 15 is 0 Å². The predicted molar refractivity (Wildman–Crippen MR) is 78.6 cm³/mol. The summed E-state index contributed by atoms with van der Waals surface area (Å²) in [6, 6.07) is 7.04. The Morgan fingerprint density at radius 3 is 2.67 bits per heavy atom. The Balaban J connectivity index is 1.80. The fraction of sp³-hybridized carbons (Fsp3) is 0.412. The van der Waals surface area contributed by atoms with E-state index in [0.29, 0.717) is 19.4 Å². The van der Waals surface area contributed by atoms with E-state index in [1.807, 2.05) is 24.3 Å². The third kappa shape index (κ3) is 2.84. The molecular formula is C17H19NO3. The van der Waals surface area contributed by atoms with Crippen molar-refractivity contribution < 1.29 is 14.7 Å². The van der Waals surface area contributed by atoms with Crippen LogP contribution in [0.3, 0.4) is 0 Å². The molecule has 1 aromatic rings. The number of carboxylic acids is 1. The van der Waals surface area contributed by atoms with Crippen LogP contribution in [0.15, 0.2) is 36.4 Å². The van der Waals surface area contributed by atoms with Gasteiger partial charge in [-0.2, -0.15) is 0 Å². The zero-order chi connectivity index (χ0) is 14.8. The SMILES string of the molecule is O=C(O)C1Cc2ccccc2CN1C(=O)CC1C=CCC1. The summed E-state index contributed by atoms with van der Waals surface area (Å²) in [5.41, 5.74) is 2.10. The second kappa shape index (κ2) is 5.72. The Hall–Kier alpha value is -2.10. The van der Waals surface area contributed by atoms with Crippen molar-refractivity contribution in [3.8, 4) is 0 Å². The lowest BCUT2D eigenvalue weighted by atomic mass is 9.93. The molecule has 2 unspecified atom stereocenters. The molecule has 1 aliphatic carbocycles. The number of carboxylic acid groups (broad SMARTS) is 1. The minimum Gasteiger partial charge on any atom is -0.480 e. The van der Waals surface area contributed by atoms with E-state index in [0.717, 1.165) is 24.0 Å². The number of hydrogen-bond acceptors (Lipinski definition) is 2. The van der Waals surface area contributed by atoms with Crippen molar-refractivity contribution in [2.24, 2.45) is 5.92 Å². The van der Waals surface area contributed by atoms with Gasteiger partial charge in [-0.1, -0.05) is 36.4 Å². The molecule has 3 rings (SSSR count). The van der Waals surface area contributed by atoms with Crippen LogP contribution in [0.5, 0.6) is 0 Å². The Bertz CT molecular complexity index is 593. The van der Waals surface area contributed by atoms with Crippen LogP contribution in [0, 0.1) is 5.92 Å². The number of benzene rings is 1. The van der Waals surface area contributed by atoms with Crippen LogP contribution in [0.4, 0.5) is 0 Å². The molecule has 1 amide bonds. The van der Waals surface area contributed by atoms with Gasteiger partial charge in [0.1, 0.15) is 6.04 Å². The standard InChI is InChI=1S/C17H19NO3/c19-16(9-12-5-1-2-6-12)18-11-14-8-4-3-7-13(14)10-15(18)17(20)21/h1,3-5,7-8,12,15H,2,6,9-11H2,(H,20,21). The normalized spacial score (nSPS) is 23.9. The number of allylic oxidation sites excluding steroid dienone is 2. The van der Waals surface area contributed by atoms with Crippen LogP contribution in [0.25, 0.3) is 0 Å². The monoisotopic (exact) mass is 285 g/mol. The highest BCUT2D eigenvalue weighted by Gasteiger charge is 2.34. The van der Waals surface area contributed by atoms with Crippen molar-refractivity contribution in [1.29, 1.82) is 0 Å². The molecule has 0 saturated heterocycles. The molecule has 4 heteroatoms. The second-order valence-electron chi connectivity index (χ2n) is 5.82. The smallest absolute Gasteiger partial charge is 0.326 e. The van der Waals surface area contributed by atoms with Gasteiger partial charge in [0.2, 0.25) is 5.91 Å². The first-order valence-corrected chi connectivity index (χ1v) is 7.41. The van der Waals surface area contributed by atoms with Crippen molar-refractivity contribution in [1.82, 2.24) is 4.90 Å². The number of carbonyl (C=O) groups is 2. The van der Waals surface area contributed by atoms with Crippen LogP contribution < -0.4 is 0 Å². The largest absolute Gasteiger partial charge is 0.480 e. The predicted octanol–water partition coefficient (Wildman–Crippen LogP) is 2.38. The van der Waals surface area contributed by atoms with Gasteiger partial charge in [0.25, 0.3) is 0 Å². The van der Waals surface area contributed by atoms with Crippen molar-refractivity contribution in [2.45, 2.75) is 38.3 Å². The minimum atomic E-state index is -0.917. The van der Waals surface area contributed by atoms with Crippen molar-refractivity contribution in [3.63, 3.8) is 0 Å². The first-order chi connectivity index (χ1) is 10.1. The maximum atomic E-state index is 12.5. The Morgan fingerprint density at radius 2 is 2.00 bits per heavy atom. The number of fused-ring (bicyclic) bond motifs is 1. The molecule has 0 fully saturated rings. The third-order valence-corrected chi connectivity index (χ3v) is 4.40. The highest BCUT2D eigenvalue weighted by Crippen LogP contribution is 2.27. The van der Waals surface area contributed by atoms with E-state index in [1.165, 1.54) is 4.90 Å². The van der Waals surface area contributed by atoms with Crippen LogP contribution in [0.2, 0.25) is 0 Å². The quantitative estimate of drug-likeness (QED) is 0.867. The van der Waals surface area contributed by atoms with Crippen LogP contribution in [0.1, 0.15) is 30.4 Å². The lowest BCUT2D eigenvalue weighted by Crippen LogP contribution is -2.48. The van der Waals surface area contributed by atoms with Crippen LogP contribution in [-0.2, 0) is 22.6 Å². The maximum Gasteiger partial charge on any atom is 0.326 e. The van der Waals surface area contributed by atoms with Gasteiger partial charge in [-0.25, -0.2) is 4.79 Å². The fourth-order valence-corrected chi connectivity index (χ4v) is 3.21. The van der Waals surface area contributed by atoms with E-state index in [4.69, 9.17) is 0 Å². The zero-order valence-electron chi connectivity index (χ0n) is 11.9. The van der Waals surface area contributed by atoms with Gasteiger partial charge in [0.15, 0.2) is 0 Å². The van der Waals surface area contributed by atoms with Crippen LogP contribution >= 0.6 is 0 Å². The third-order valence-electron chi connectivity index (χ3n) is 4.40. The first-order valence-electron chi connectivity index (χ1n) is 7.41. The van der Waals surface area contributed by atoms with Gasteiger partial charge in [0.05, 0.1) is 0 Å². The molecule has 1 aliphatic heterocycles.